The Labute approximate surface area is 205 Å². The van der Waals surface area contributed by atoms with Gasteiger partial charge in [0.25, 0.3) is 15.7 Å². The number of alkyl halides is 3. The summed E-state index contributed by atoms with van der Waals surface area (Å²) in [4.78, 5) is 19.6. The molecule has 4 rings (SSSR count). The zero-order valence-electron chi connectivity index (χ0n) is 18.9. The van der Waals surface area contributed by atoms with Crippen molar-refractivity contribution >= 4 is 27.1 Å². The quantitative estimate of drug-likeness (QED) is 0.496. The number of methoxy groups -OCH3 is 1. The highest BCUT2D eigenvalue weighted by atomic mass is 32.2. The maximum atomic E-state index is 12.8. The van der Waals surface area contributed by atoms with Gasteiger partial charge in [-0.15, -0.1) is 0 Å². The molecule has 0 bridgehead atoms. The molecule has 0 saturated carbocycles. The first-order chi connectivity index (χ1) is 17.1. The molecule has 1 N–H and O–H groups in total. The normalized spacial score (nSPS) is 13.7. The molecule has 0 atom stereocenters. The van der Waals surface area contributed by atoms with Crippen molar-refractivity contribution in [2.24, 2.45) is 0 Å². The Balaban J connectivity index is 1.42. The van der Waals surface area contributed by atoms with E-state index in [-0.39, 0.29) is 5.91 Å². The molecule has 12 heteroatoms. The van der Waals surface area contributed by atoms with E-state index in [1.807, 2.05) is 4.90 Å². The fourth-order valence-electron chi connectivity index (χ4n) is 3.51. The first-order valence-electron chi connectivity index (χ1n) is 10.6. The summed E-state index contributed by atoms with van der Waals surface area (Å²) in [5, 5.41) is 2.86. The Hall–Kier alpha value is -4.06. The Morgan fingerprint density at radius 1 is 1.06 bits per heavy atom. The SMILES string of the molecule is COc1ccc(C(=O)Nc2cnccc2CN2C=CN(c3ccc(S(=O)(=O)C(F)(F)F)cc3)C2)cc1. The van der Waals surface area contributed by atoms with Gasteiger partial charge < -0.3 is 19.9 Å². The minimum Gasteiger partial charge on any atom is -0.497 e. The molecule has 2 heterocycles. The molecule has 0 radical (unpaired) electrons. The number of sulfone groups is 1. The van der Waals surface area contributed by atoms with Crippen LogP contribution in [0, 0.1) is 0 Å². The number of nitrogens with zero attached hydrogens (tertiary/aromatic N) is 3. The van der Waals surface area contributed by atoms with Crippen LogP contribution in [-0.4, -0.2) is 43.5 Å². The monoisotopic (exact) mass is 518 g/mol. The van der Waals surface area contributed by atoms with Crippen LogP contribution >= 0.6 is 0 Å². The number of nitrogens with one attached hydrogen (secondary N) is 1. The zero-order valence-corrected chi connectivity index (χ0v) is 19.8. The number of carbonyl (C=O) groups is 1. The summed E-state index contributed by atoms with van der Waals surface area (Å²) >= 11 is 0. The third-order valence-electron chi connectivity index (χ3n) is 5.46. The summed E-state index contributed by atoms with van der Waals surface area (Å²) in [7, 11) is -3.86. The van der Waals surface area contributed by atoms with Gasteiger partial charge in [0.05, 0.1) is 30.6 Å². The van der Waals surface area contributed by atoms with Crippen LogP contribution in [0.4, 0.5) is 24.5 Å². The second-order valence-electron chi connectivity index (χ2n) is 7.81. The van der Waals surface area contributed by atoms with Crippen LogP contribution in [0.2, 0.25) is 0 Å². The third-order valence-corrected chi connectivity index (χ3v) is 6.96. The van der Waals surface area contributed by atoms with Crippen molar-refractivity contribution in [2.45, 2.75) is 16.9 Å². The van der Waals surface area contributed by atoms with E-state index in [1.165, 1.54) is 12.1 Å². The molecule has 0 saturated heterocycles. The molecule has 2 aromatic carbocycles. The number of benzene rings is 2. The van der Waals surface area contributed by atoms with Crippen LogP contribution in [0.25, 0.3) is 0 Å². The van der Waals surface area contributed by atoms with E-state index in [4.69, 9.17) is 4.74 Å². The molecular weight excluding hydrogens is 497 g/mol. The molecule has 188 valence electrons. The summed E-state index contributed by atoms with van der Waals surface area (Å²) in [6.07, 6.45) is 6.67. The van der Waals surface area contributed by atoms with Gasteiger partial charge in [-0.3, -0.25) is 9.78 Å². The predicted octanol–water partition coefficient (Wildman–Crippen LogP) is 4.39. The van der Waals surface area contributed by atoms with Gasteiger partial charge in [0.1, 0.15) is 5.75 Å². The molecular formula is C24H21F3N4O4S. The molecule has 1 aliphatic heterocycles. The molecule has 3 aromatic rings. The average Bonchev–Trinajstić information content (AvgIpc) is 3.33. The predicted molar refractivity (Wildman–Crippen MR) is 127 cm³/mol. The Kier molecular flexibility index (Phi) is 6.88. The van der Waals surface area contributed by atoms with Gasteiger partial charge in [-0.05, 0) is 60.2 Å². The van der Waals surface area contributed by atoms with Crippen molar-refractivity contribution in [2.75, 3.05) is 24.0 Å². The average molecular weight is 519 g/mol. The van der Waals surface area contributed by atoms with Crippen molar-refractivity contribution in [1.82, 2.24) is 9.88 Å². The summed E-state index contributed by atoms with van der Waals surface area (Å²) < 4.78 is 66.5. The Morgan fingerprint density at radius 3 is 2.39 bits per heavy atom. The van der Waals surface area contributed by atoms with Crippen molar-refractivity contribution in [3.05, 3.63) is 90.5 Å². The molecule has 0 fully saturated rings. The third kappa shape index (κ3) is 5.28. The molecule has 1 amide bonds. The van der Waals surface area contributed by atoms with Gasteiger partial charge in [0, 0.05) is 36.4 Å². The number of halogens is 3. The number of ether oxygens (including phenoxy) is 1. The number of hydrogen-bond acceptors (Lipinski definition) is 7. The van der Waals surface area contributed by atoms with E-state index < -0.39 is 20.2 Å². The molecule has 0 aliphatic carbocycles. The van der Waals surface area contributed by atoms with E-state index in [9.17, 15) is 26.4 Å². The number of aromatic nitrogens is 1. The van der Waals surface area contributed by atoms with Crippen LogP contribution in [-0.2, 0) is 16.4 Å². The highest BCUT2D eigenvalue weighted by Crippen LogP contribution is 2.32. The topological polar surface area (TPSA) is 91.8 Å². The number of rotatable bonds is 7. The fraction of sp³-hybridized carbons (Fsp3) is 0.167. The summed E-state index contributed by atoms with van der Waals surface area (Å²) in [6, 6.07) is 13.0. The summed E-state index contributed by atoms with van der Waals surface area (Å²) in [6.45, 7) is 0.772. The first-order valence-corrected chi connectivity index (χ1v) is 12.1. The van der Waals surface area contributed by atoms with Gasteiger partial charge in [-0.2, -0.15) is 13.2 Å². The number of pyridine rings is 1. The van der Waals surface area contributed by atoms with Crippen LogP contribution in [0.5, 0.6) is 5.75 Å². The summed E-state index contributed by atoms with van der Waals surface area (Å²) in [5.74, 6) is 0.329. The lowest BCUT2D eigenvalue weighted by Crippen LogP contribution is -2.26. The minimum absolute atomic E-state index is 0.306. The molecule has 0 spiro atoms. The lowest BCUT2D eigenvalue weighted by atomic mass is 10.1. The number of hydrogen-bond donors (Lipinski definition) is 1. The second-order valence-corrected chi connectivity index (χ2v) is 9.76. The first kappa shape index (κ1) is 25.0. The number of amides is 1. The zero-order chi connectivity index (χ0) is 25.9. The molecule has 1 aromatic heterocycles. The maximum Gasteiger partial charge on any atom is 0.501 e. The highest BCUT2D eigenvalue weighted by Gasteiger charge is 2.46. The summed E-state index contributed by atoms with van der Waals surface area (Å²) in [5.41, 5.74) is -3.05. The highest BCUT2D eigenvalue weighted by molar-refractivity contribution is 7.92. The van der Waals surface area contributed by atoms with Crippen LogP contribution in [0.1, 0.15) is 15.9 Å². The minimum atomic E-state index is -5.40. The van der Waals surface area contributed by atoms with Gasteiger partial charge in [-0.25, -0.2) is 8.42 Å². The van der Waals surface area contributed by atoms with Crippen molar-refractivity contribution < 1.29 is 31.1 Å². The van der Waals surface area contributed by atoms with E-state index in [2.05, 4.69) is 10.3 Å². The largest absolute Gasteiger partial charge is 0.501 e. The van der Waals surface area contributed by atoms with E-state index in [1.54, 1.807) is 67.1 Å². The van der Waals surface area contributed by atoms with Gasteiger partial charge >= 0.3 is 5.51 Å². The van der Waals surface area contributed by atoms with E-state index in [0.29, 0.717) is 35.9 Å². The Bertz CT molecular complexity index is 1380. The molecule has 8 nitrogen and oxygen atoms in total. The standard InChI is InChI=1S/C24H21F3N4O4S/c1-35-20-6-2-17(3-7-20)23(32)29-22-14-28-11-10-18(22)15-30-12-13-31(16-30)19-4-8-21(9-5-19)36(33,34)24(25,26)27/h2-14H,15-16H2,1H3,(H,29,32). The molecule has 1 aliphatic rings. The molecule has 0 unspecified atom stereocenters. The van der Waals surface area contributed by atoms with Gasteiger partial charge in [0.2, 0.25) is 0 Å². The van der Waals surface area contributed by atoms with Crippen molar-refractivity contribution in [1.29, 1.82) is 0 Å². The van der Waals surface area contributed by atoms with Gasteiger partial charge in [0.15, 0.2) is 0 Å². The van der Waals surface area contributed by atoms with Crippen LogP contribution < -0.4 is 15.0 Å². The maximum absolute atomic E-state index is 12.8. The lowest BCUT2D eigenvalue weighted by Gasteiger charge is -2.22. The van der Waals surface area contributed by atoms with E-state index in [0.717, 1.165) is 17.7 Å². The van der Waals surface area contributed by atoms with E-state index >= 15 is 0 Å². The van der Waals surface area contributed by atoms with Crippen molar-refractivity contribution in [3.8, 4) is 5.75 Å². The number of carbonyl (C=O) groups excluding carboxylic acids is 1. The van der Waals surface area contributed by atoms with Crippen LogP contribution in [0.3, 0.4) is 0 Å². The van der Waals surface area contributed by atoms with Crippen molar-refractivity contribution in [3.63, 3.8) is 0 Å². The fourth-order valence-corrected chi connectivity index (χ4v) is 4.28. The molecule has 36 heavy (non-hydrogen) atoms. The Morgan fingerprint density at radius 2 is 1.75 bits per heavy atom. The smallest absolute Gasteiger partial charge is 0.497 e. The van der Waals surface area contributed by atoms with Gasteiger partial charge in [-0.1, -0.05) is 0 Å². The number of anilines is 2. The lowest BCUT2D eigenvalue weighted by molar-refractivity contribution is -0.0436. The second kappa shape index (κ2) is 9.90. The van der Waals surface area contributed by atoms with Crippen LogP contribution in [0.15, 0.2) is 84.3 Å².